The second kappa shape index (κ2) is 10.2. The van der Waals surface area contributed by atoms with Gasteiger partial charge in [-0.15, -0.1) is 0 Å². The monoisotopic (exact) mass is 466 g/mol. The van der Waals surface area contributed by atoms with Crippen molar-refractivity contribution in [2.75, 3.05) is 31.5 Å². The lowest BCUT2D eigenvalue weighted by molar-refractivity contribution is -0.0586. The number of sulfonamides is 1. The highest BCUT2D eigenvalue weighted by atomic mass is 32.2. The van der Waals surface area contributed by atoms with Crippen LogP contribution in [0.1, 0.15) is 50.9 Å². The van der Waals surface area contributed by atoms with Gasteiger partial charge in [-0.25, -0.2) is 17.9 Å². The number of ether oxygens (including phenoxy) is 1. The third-order valence-electron chi connectivity index (χ3n) is 5.80. The van der Waals surface area contributed by atoms with Gasteiger partial charge in [-0.05, 0) is 58.7 Å². The lowest BCUT2D eigenvalue weighted by atomic mass is 10.1. The second-order valence-corrected chi connectivity index (χ2v) is 11.2. The fraction of sp³-hybridized carbons (Fsp3) is 0.636. The predicted octanol–water partition coefficient (Wildman–Crippen LogP) is 2.26. The molecule has 9 nitrogen and oxygen atoms in total. The molecule has 3 rings (SSSR count). The molecule has 0 spiro atoms. The van der Waals surface area contributed by atoms with E-state index in [1.807, 2.05) is 13.8 Å². The second-order valence-electron chi connectivity index (χ2n) is 8.95. The van der Waals surface area contributed by atoms with E-state index in [1.165, 1.54) is 0 Å². The number of hydrogen-bond donors (Lipinski definition) is 2. The molecule has 2 fully saturated rings. The maximum absolute atomic E-state index is 12.9. The molecule has 2 unspecified atom stereocenters. The summed E-state index contributed by atoms with van der Waals surface area (Å²) in [5.41, 5.74) is 1.07. The number of likely N-dealkylation sites (tertiary alicyclic amines) is 1. The summed E-state index contributed by atoms with van der Waals surface area (Å²) in [6.45, 7) is 9.17. The number of piperidine rings is 1. The van der Waals surface area contributed by atoms with E-state index in [9.17, 15) is 18.0 Å². The molecule has 1 aromatic carbocycles. The molecular formula is C22H34N4O5S. The highest BCUT2D eigenvalue weighted by molar-refractivity contribution is 7.90. The number of carbonyl (C=O) groups excluding carboxylic acids is 2. The van der Waals surface area contributed by atoms with E-state index in [0.29, 0.717) is 50.3 Å². The number of urea groups is 1. The number of nitrogens with zero attached hydrogens (tertiary/aromatic N) is 2. The molecule has 0 radical (unpaired) electrons. The lowest BCUT2D eigenvalue weighted by Crippen LogP contribution is -2.49. The van der Waals surface area contributed by atoms with Crippen LogP contribution in [0, 0.1) is 0 Å². The van der Waals surface area contributed by atoms with Crippen LogP contribution in [0.4, 0.5) is 10.5 Å². The molecule has 2 aliphatic rings. The first-order valence-electron chi connectivity index (χ1n) is 11.2. The Hall–Kier alpha value is -2.17. The Morgan fingerprint density at radius 3 is 2.28 bits per heavy atom. The summed E-state index contributed by atoms with van der Waals surface area (Å²) < 4.78 is 32.5. The van der Waals surface area contributed by atoms with Gasteiger partial charge in [0.2, 0.25) is 10.0 Å². The van der Waals surface area contributed by atoms with Gasteiger partial charge in [0.15, 0.2) is 0 Å². The van der Waals surface area contributed by atoms with Gasteiger partial charge in [-0.3, -0.25) is 4.79 Å². The van der Waals surface area contributed by atoms with Crippen LogP contribution >= 0.6 is 0 Å². The van der Waals surface area contributed by atoms with Crippen molar-refractivity contribution in [1.82, 2.24) is 14.5 Å². The number of benzene rings is 1. The Labute approximate surface area is 190 Å². The van der Waals surface area contributed by atoms with Gasteiger partial charge < -0.3 is 19.9 Å². The van der Waals surface area contributed by atoms with E-state index in [1.54, 1.807) is 47.9 Å². The van der Waals surface area contributed by atoms with E-state index in [4.69, 9.17) is 4.74 Å². The topological polar surface area (TPSA) is 108 Å². The summed E-state index contributed by atoms with van der Waals surface area (Å²) in [6.07, 6.45) is 1.09. The summed E-state index contributed by atoms with van der Waals surface area (Å²) in [4.78, 5) is 29.1. The van der Waals surface area contributed by atoms with Gasteiger partial charge in [0.25, 0.3) is 5.91 Å². The molecule has 2 N–H and O–H groups in total. The van der Waals surface area contributed by atoms with Crippen molar-refractivity contribution in [2.24, 2.45) is 0 Å². The van der Waals surface area contributed by atoms with Gasteiger partial charge in [0, 0.05) is 43.5 Å². The molecule has 0 aliphatic carbocycles. The van der Waals surface area contributed by atoms with Gasteiger partial charge >= 0.3 is 6.03 Å². The highest BCUT2D eigenvalue weighted by Crippen LogP contribution is 2.19. The Morgan fingerprint density at radius 2 is 1.69 bits per heavy atom. The molecule has 32 heavy (non-hydrogen) atoms. The van der Waals surface area contributed by atoms with Gasteiger partial charge in [-0.2, -0.15) is 0 Å². The van der Waals surface area contributed by atoms with Crippen LogP contribution in [0.3, 0.4) is 0 Å². The van der Waals surface area contributed by atoms with E-state index < -0.39 is 15.3 Å². The molecule has 2 atom stereocenters. The molecule has 0 bridgehead atoms. The van der Waals surface area contributed by atoms with Crippen LogP contribution in [0.2, 0.25) is 0 Å². The Morgan fingerprint density at radius 1 is 1.06 bits per heavy atom. The van der Waals surface area contributed by atoms with Crippen molar-refractivity contribution in [1.29, 1.82) is 0 Å². The van der Waals surface area contributed by atoms with Crippen molar-refractivity contribution in [3.8, 4) is 0 Å². The standard InChI is InChI=1S/C22H34N4O5S/c1-15(2)32(29,30)24-19-8-10-25(11-9-19)22(28)23-20-7-5-6-18(12-20)21(27)26-13-16(3)31-17(4)14-26/h5-7,12,15-17,19,24H,8-11,13-14H2,1-4H3,(H,23,28). The van der Waals surface area contributed by atoms with Crippen LogP contribution in [-0.4, -0.2) is 79.8 Å². The van der Waals surface area contributed by atoms with Gasteiger partial charge in [0.05, 0.1) is 17.5 Å². The van der Waals surface area contributed by atoms with E-state index in [0.717, 1.165) is 0 Å². The maximum Gasteiger partial charge on any atom is 0.321 e. The number of rotatable bonds is 5. The fourth-order valence-corrected chi connectivity index (χ4v) is 5.00. The Balaban J connectivity index is 1.56. The van der Waals surface area contributed by atoms with Gasteiger partial charge in [0.1, 0.15) is 0 Å². The summed E-state index contributed by atoms with van der Waals surface area (Å²) in [6, 6.07) is 6.52. The molecule has 178 valence electrons. The van der Waals surface area contributed by atoms with Crippen LogP contribution in [-0.2, 0) is 14.8 Å². The minimum Gasteiger partial charge on any atom is -0.372 e. The van der Waals surface area contributed by atoms with E-state index in [2.05, 4.69) is 10.0 Å². The molecule has 1 aromatic rings. The molecule has 10 heteroatoms. The first-order chi connectivity index (χ1) is 15.0. The van der Waals surface area contributed by atoms with Gasteiger partial charge in [-0.1, -0.05) is 6.07 Å². The number of amides is 3. The smallest absolute Gasteiger partial charge is 0.321 e. The van der Waals surface area contributed by atoms with Crippen LogP contribution in [0.5, 0.6) is 0 Å². The summed E-state index contributed by atoms with van der Waals surface area (Å²) >= 11 is 0. The van der Waals surface area contributed by atoms with Crippen LogP contribution in [0.15, 0.2) is 24.3 Å². The molecule has 0 saturated carbocycles. The van der Waals surface area contributed by atoms with Crippen molar-refractivity contribution < 1.29 is 22.7 Å². The largest absolute Gasteiger partial charge is 0.372 e. The maximum atomic E-state index is 12.9. The lowest BCUT2D eigenvalue weighted by Gasteiger charge is -2.35. The molecular weight excluding hydrogens is 432 g/mol. The highest BCUT2D eigenvalue weighted by Gasteiger charge is 2.28. The minimum atomic E-state index is -3.33. The molecule has 2 aliphatic heterocycles. The van der Waals surface area contributed by atoms with Crippen LogP contribution < -0.4 is 10.0 Å². The normalized spacial score (nSPS) is 22.8. The first-order valence-corrected chi connectivity index (χ1v) is 12.7. The van der Waals surface area contributed by atoms with Crippen molar-refractivity contribution in [3.05, 3.63) is 29.8 Å². The molecule has 0 aromatic heterocycles. The number of anilines is 1. The average Bonchev–Trinajstić information content (AvgIpc) is 2.72. The zero-order valence-electron chi connectivity index (χ0n) is 19.2. The van der Waals surface area contributed by atoms with Crippen molar-refractivity contribution >= 4 is 27.6 Å². The van der Waals surface area contributed by atoms with Crippen molar-refractivity contribution in [2.45, 2.75) is 64.0 Å². The number of carbonyl (C=O) groups is 2. The summed E-state index contributed by atoms with van der Waals surface area (Å²) in [5.74, 6) is -0.0821. The predicted molar refractivity (Wildman–Crippen MR) is 123 cm³/mol. The number of morpholine rings is 1. The van der Waals surface area contributed by atoms with Crippen molar-refractivity contribution in [3.63, 3.8) is 0 Å². The molecule has 3 amide bonds. The average molecular weight is 467 g/mol. The summed E-state index contributed by atoms with van der Waals surface area (Å²) in [5, 5.41) is 2.38. The van der Waals surface area contributed by atoms with Crippen LogP contribution in [0.25, 0.3) is 0 Å². The zero-order chi connectivity index (χ0) is 23.5. The van der Waals surface area contributed by atoms with E-state index >= 15 is 0 Å². The Kier molecular flexibility index (Phi) is 7.79. The molecule has 2 saturated heterocycles. The fourth-order valence-electron chi connectivity index (χ4n) is 4.03. The quantitative estimate of drug-likeness (QED) is 0.692. The third kappa shape index (κ3) is 6.20. The SMILES string of the molecule is CC1CN(C(=O)c2cccc(NC(=O)N3CCC(NS(=O)(=O)C(C)C)CC3)c2)CC(C)O1. The first kappa shape index (κ1) is 24.5. The number of nitrogens with one attached hydrogen (secondary N) is 2. The summed E-state index contributed by atoms with van der Waals surface area (Å²) in [7, 11) is -3.33. The third-order valence-corrected chi connectivity index (χ3v) is 7.70. The molecule has 2 heterocycles. The minimum absolute atomic E-state index is 0.0153. The van der Waals surface area contributed by atoms with E-state index in [-0.39, 0.29) is 30.2 Å². The number of hydrogen-bond acceptors (Lipinski definition) is 5. The zero-order valence-corrected chi connectivity index (χ0v) is 20.0. The Bertz CT molecular complexity index is 918.